The van der Waals surface area contributed by atoms with E-state index in [0.29, 0.717) is 22.8 Å². The van der Waals surface area contributed by atoms with E-state index in [0.717, 1.165) is 11.3 Å². The number of hydrogen-bond donors (Lipinski definition) is 2. The number of allylic oxidation sites excluding steroid dienone is 4. The van der Waals surface area contributed by atoms with Crippen molar-refractivity contribution >= 4 is 11.3 Å². The standard InChI is InChI=1S/C16H13N5S/c17-9-11-14(13-5-4-8-22-13)12(10-18)16(20-15(11)19)21-6-2-1-3-7-21/h2-8,14,20H,1,19H2. The van der Waals surface area contributed by atoms with Gasteiger partial charge in [0.2, 0.25) is 0 Å². The summed E-state index contributed by atoms with van der Waals surface area (Å²) in [4.78, 5) is 2.75. The van der Waals surface area contributed by atoms with Crippen molar-refractivity contribution in [3.63, 3.8) is 0 Å². The van der Waals surface area contributed by atoms with Crippen molar-refractivity contribution in [1.29, 1.82) is 10.5 Å². The van der Waals surface area contributed by atoms with Crippen LogP contribution < -0.4 is 11.1 Å². The summed E-state index contributed by atoms with van der Waals surface area (Å²) in [6.07, 6.45) is 8.60. The van der Waals surface area contributed by atoms with Crippen LogP contribution in [-0.4, -0.2) is 4.90 Å². The van der Waals surface area contributed by atoms with Gasteiger partial charge in [0.1, 0.15) is 11.6 Å². The molecule has 1 unspecified atom stereocenters. The van der Waals surface area contributed by atoms with E-state index in [-0.39, 0.29) is 0 Å². The minimum Gasteiger partial charge on any atom is -0.384 e. The lowest BCUT2D eigenvalue weighted by atomic mass is 9.88. The summed E-state index contributed by atoms with van der Waals surface area (Å²) >= 11 is 1.51. The number of thiophene rings is 1. The Labute approximate surface area is 132 Å². The molecule has 0 fully saturated rings. The van der Waals surface area contributed by atoms with Crippen LogP contribution in [0.3, 0.4) is 0 Å². The lowest BCUT2D eigenvalue weighted by Gasteiger charge is -2.31. The highest BCUT2D eigenvalue weighted by atomic mass is 32.1. The van der Waals surface area contributed by atoms with Crippen LogP contribution in [0.15, 0.2) is 64.9 Å². The minimum absolute atomic E-state index is 0.294. The molecule has 6 heteroatoms. The quantitative estimate of drug-likeness (QED) is 0.876. The van der Waals surface area contributed by atoms with Crippen molar-refractivity contribution in [1.82, 2.24) is 10.2 Å². The fourth-order valence-corrected chi connectivity index (χ4v) is 3.35. The van der Waals surface area contributed by atoms with E-state index >= 15 is 0 Å². The van der Waals surface area contributed by atoms with Gasteiger partial charge >= 0.3 is 0 Å². The first-order valence-corrected chi connectivity index (χ1v) is 7.60. The molecule has 22 heavy (non-hydrogen) atoms. The van der Waals surface area contributed by atoms with Crippen molar-refractivity contribution in [2.75, 3.05) is 0 Å². The van der Waals surface area contributed by atoms with E-state index in [2.05, 4.69) is 17.5 Å². The molecule has 3 N–H and O–H groups in total. The van der Waals surface area contributed by atoms with Gasteiger partial charge in [0.15, 0.2) is 0 Å². The first-order valence-electron chi connectivity index (χ1n) is 6.72. The monoisotopic (exact) mass is 307 g/mol. The Morgan fingerprint density at radius 1 is 1.23 bits per heavy atom. The Kier molecular flexibility index (Phi) is 3.69. The fourth-order valence-electron chi connectivity index (χ4n) is 2.51. The molecular weight excluding hydrogens is 294 g/mol. The van der Waals surface area contributed by atoms with Gasteiger partial charge in [-0.1, -0.05) is 18.2 Å². The summed E-state index contributed by atoms with van der Waals surface area (Å²) < 4.78 is 0. The molecule has 1 aromatic rings. The molecule has 0 aromatic carbocycles. The maximum atomic E-state index is 9.67. The van der Waals surface area contributed by atoms with E-state index < -0.39 is 5.92 Å². The van der Waals surface area contributed by atoms with Gasteiger partial charge in [0, 0.05) is 17.3 Å². The van der Waals surface area contributed by atoms with E-state index in [9.17, 15) is 10.5 Å². The maximum absolute atomic E-state index is 9.67. The normalized spacial score (nSPS) is 20.6. The van der Waals surface area contributed by atoms with Gasteiger partial charge in [-0.05, 0) is 17.9 Å². The molecule has 2 aliphatic rings. The molecule has 0 aliphatic carbocycles. The van der Waals surface area contributed by atoms with Gasteiger partial charge in [-0.2, -0.15) is 10.5 Å². The number of dihydropyridines is 1. The van der Waals surface area contributed by atoms with Crippen LogP contribution in [0.1, 0.15) is 17.2 Å². The molecule has 1 aromatic heterocycles. The highest BCUT2D eigenvalue weighted by molar-refractivity contribution is 7.10. The number of hydrogen-bond acceptors (Lipinski definition) is 6. The molecule has 3 rings (SSSR count). The molecule has 0 saturated heterocycles. The summed E-state index contributed by atoms with van der Waals surface area (Å²) in [6, 6.07) is 8.21. The Balaban J connectivity index is 2.15. The van der Waals surface area contributed by atoms with Crippen LogP contribution in [0.25, 0.3) is 0 Å². The van der Waals surface area contributed by atoms with Crippen LogP contribution in [0.4, 0.5) is 0 Å². The van der Waals surface area contributed by atoms with E-state index in [1.165, 1.54) is 11.3 Å². The summed E-state index contributed by atoms with van der Waals surface area (Å²) in [5, 5.41) is 24.0. The number of rotatable bonds is 2. The van der Waals surface area contributed by atoms with Gasteiger partial charge in [-0.3, -0.25) is 0 Å². The molecule has 0 radical (unpaired) electrons. The van der Waals surface area contributed by atoms with Gasteiger partial charge in [0.05, 0.1) is 29.2 Å². The predicted octanol–water partition coefficient (Wildman–Crippen LogP) is 2.60. The highest BCUT2D eigenvalue weighted by Gasteiger charge is 2.33. The second-order valence-corrected chi connectivity index (χ2v) is 5.78. The van der Waals surface area contributed by atoms with Crippen molar-refractivity contribution < 1.29 is 0 Å². The van der Waals surface area contributed by atoms with Crippen molar-refractivity contribution in [2.24, 2.45) is 5.73 Å². The van der Waals surface area contributed by atoms with Crippen LogP contribution in [-0.2, 0) is 0 Å². The lowest BCUT2D eigenvalue weighted by molar-refractivity contribution is 0.541. The summed E-state index contributed by atoms with van der Waals surface area (Å²) in [7, 11) is 0. The largest absolute Gasteiger partial charge is 0.384 e. The topological polar surface area (TPSA) is 88.9 Å². The van der Waals surface area contributed by atoms with E-state index in [1.807, 2.05) is 47.0 Å². The van der Waals surface area contributed by atoms with Gasteiger partial charge in [-0.25, -0.2) is 0 Å². The Morgan fingerprint density at radius 2 is 1.95 bits per heavy atom. The number of nitriles is 2. The average molecular weight is 307 g/mol. The van der Waals surface area contributed by atoms with Crippen molar-refractivity contribution in [3.8, 4) is 12.1 Å². The van der Waals surface area contributed by atoms with Crippen LogP contribution in [0.2, 0.25) is 0 Å². The van der Waals surface area contributed by atoms with E-state index in [1.54, 1.807) is 0 Å². The average Bonchev–Trinajstić information content (AvgIpc) is 3.08. The number of nitrogens with zero attached hydrogens (tertiary/aromatic N) is 3. The second kappa shape index (κ2) is 5.80. The maximum Gasteiger partial charge on any atom is 0.130 e. The molecule has 0 bridgehead atoms. The Bertz CT molecular complexity index is 771. The zero-order chi connectivity index (χ0) is 15.5. The van der Waals surface area contributed by atoms with Gasteiger partial charge in [-0.15, -0.1) is 11.3 Å². The molecule has 108 valence electrons. The van der Waals surface area contributed by atoms with Crippen LogP contribution in [0.5, 0.6) is 0 Å². The molecule has 0 amide bonds. The van der Waals surface area contributed by atoms with Crippen LogP contribution >= 0.6 is 11.3 Å². The third-order valence-electron chi connectivity index (χ3n) is 3.51. The van der Waals surface area contributed by atoms with Crippen molar-refractivity contribution in [3.05, 3.63) is 69.7 Å². The predicted molar refractivity (Wildman–Crippen MR) is 84.4 cm³/mol. The second-order valence-electron chi connectivity index (χ2n) is 4.80. The molecule has 5 nitrogen and oxygen atoms in total. The Hall–Kier alpha value is -2.96. The molecular formula is C16H13N5S. The Morgan fingerprint density at radius 3 is 2.55 bits per heavy atom. The van der Waals surface area contributed by atoms with E-state index in [4.69, 9.17) is 5.73 Å². The molecule has 1 atom stereocenters. The lowest BCUT2D eigenvalue weighted by Crippen LogP contribution is -2.35. The molecule has 3 heterocycles. The highest BCUT2D eigenvalue weighted by Crippen LogP contribution is 2.39. The number of nitrogens with two attached hydrogens (primary N) is 1. The van der Waals surface area contributed by atoms with Gasteiger partial charge < -0.3 is 16.0 Å². The summed E-state index contributed by atoms with van der Waals surface area (Å²) in [5.74, 6) is 0.474. The first kappa shape index (κ1) is 14.0. The van der Waals surface area contributed by atoms with Gasteiger partial charge in [0.25, 0.3) is 0 Å². The molecule has 0 saturated carbocycles. The molecule has 2 aliphatic heterocycles. The summed E-state index contributed by atoms with van der Waals surface area (Å²) in [5.41, 5.74) is 6.90. The summed E-state index contributed by atoms with van der Waals surface area (Å²) in [6.45, 7) is 0. The minimum atomic E-state index is -0.421. The molecule has 0 spiro atoms. The fraction of sp³-hybridized carbons (Fsp3) is 0.125. The SMILES string of the molecule is N#CC1=C(N)NC(N2C=CCC=C2)=C(C#N)C1c1cccs1. The van der Waals surface area contributed by atoms with Crippen LogP contribution in [0, 0.1) is 22.7 Å². The zero-order valence-corrected chi connectivity index (χ0v) is 12.5. The van der Waals surface area contributed by atoms with Crippen molar-refractivity contribution in [2.45, 2.75) is 12.3 Å². The third-order valence-corrected chi connectivity index (χ3v) is 4.44. The first-order chi connectivity index (χ1) is 10.8. The zero-order valence-electron chi connectivity index (χ0n) is 11.7. The third kappa shape index (κ3) is 2.26. The number of nitrogens with one attached hydrogen (secondary N) is 1. The smallest absolute Gasteiger partial charge is 0.130 e.